The van der Waals surface area contributed by atoms with Gasteiger partial charge in [0, 0.05) is 36.7 Å². The topological polar surface area (TPSA) is 71.4 Å². The van der Waals surface area contributed by atoms with Gasteiger partial charge in [0.05, 0.1) is 5.56 Å². The van der Waals surface area contributed by atoms with E-state index < -0.39 is 11.7 Å². The van der Waals surface area contributed by atoms with Crippen molar-refractivity contribution in [1.82, 2.24) is 14.8 Å². The number of ketones is 1. The number of amides is 2. The smallest absolute Gasteiger partial charge is 0.292 e. The second-order valence-electron chi connectivity index (χ2n) is 7.92. The molecule has 0 unspecified atom stereocenters. The van der Waals surface area contributed by atoms with Gasteiger partial charge in [-0.05, 0) is 24.8 Å². The first-order valence-corrected chi connectivity index (χ1v) is 10.2. The van der Waals surface area contributed by atoms with E-state index >= 15 is 0 Å². The molecule has 0 radical (unpaired) electrons. The number of fused-ring (bicyclic) bond motifs is 1. The monoisotopic (exact) mass is 383 g/mol. The van der Waals surface area contributed by atoms with Crippen molar-refractivity contribution in [2.24, 2.45) is 5.92 Å². The summed E-state index contributed by atoms with van der Waals surface area (Å²) in [6.45, 7) is 6.18. The Morgan fingerprint density at radius 1 is 1.04 bits per heavy atom. The van der Waals surface area contributed by atoms with Gasteiger partial charge < -0.3 is 14.8 Å². The first-order valence-electron chi connectivity index (χ1n) is 10.2. The fraction of sp³-hybridized carbons (Fsp3) is 0.500. The minimum Gasteiger partial charge on any atom is -0.349 e. The average molecular weight is 383 g/mol. The molecule has 0 aliphatic carbocycles. The van der Waals surface area contributed by atoms with Crippen molar-refractivity contribution in [3.05, 3.63) is 36.0 Å². The van der Waals surface area contributed by atoms with Gasteiger partial charge in [-0.25, -0.2) is 0 Å². The Morgan fingerprint density at radius 2 is 1.71 bits per heavy atom. The molecule has 0 saturated carbocycles. The summed E-state index contributed by atoms with van der Waals surface area (Å²) < 4.78 is 1.80. The zero-order chi connectivity index (χ0) is 20.1. The van der Waals surface area contributed by atoms with Crippen LogP contribution in [0.15, 0.2) is 30.5 Å². The highest BCUT2D eigenvalue weighted by Gasteiger charge is 2.23. The summed E-state index contributed by atoms with van der Waals surface area (Å²) in [5.41, 5.74) is 1.14. The van der Waals surface area contributed by atoms with Crippen molar-refractivity contribution in [2.75, 3.05) is 19.6 Å². The number of carbonyl (C=O) groups is 3. The molecule has 2 aromatic rings. The lowest BCUT2D eigenvalue weighted by Crippen LogP contribution is -2.34. The third-order valence-corrected chi connectivity index (χ3v) is 5.17. The van der Waals surface area contributed by atoms with Gasteiger partial charge in [-0.1, -0.05) is 44.9 Å². The third kappa shape index (κ3) is 4.61. The van der Waals surface area contributed by atoms with E-state index in [1.165, 1.54) is 12.8 Å². The Bertz CT molecular complexity index is 861. The summed E-state index contributed by atoms with van der Waals surface area (Å²) in [6, 6.07) is 7.42. The second kappa shape index (κ2) is 9.04. The Labute approximate surface area is 165 Å². The van der Waals surface area contributed by atoms with Crippen LogP contribution in [-0.4, -0.2) is 46.7 Å². The zero-order valence-corrected chi connectivity index (χ0v) is 16.7. The van der Waals surface area contributed by atoms with E-state index in [4.69, 9.17) is 0 Å². The van der Waals surface area contributed by atoms with E-state index in [0.717, 1.165) is 31.4 Å². The number of likely N-dealkylation sites (tertiary alicyclic amines) is 1. The molecular weight excluding hydrogens is 354 g/mol. The summed E-state index contributed by atoms with van der Waals surface area (Å²) in [5, 5.41) is 3.39. The van der Waals surface area contributed by atoms with Crippen LogP contribution in [0.4, 0.5) is 0 Å². The van der Waals surface area contributed by atoms with Crippen LogP contribution in [0.3, 0.4) is 0 Å². The Kier molecular flexibility index (Phi) is 6.49. The van der Waals surface area contributed by atoms with Gasteiger partial charge in [-0.3, -0.25) is 14.4 Å². The van der Waals surface area contributed by atoms with Crippen LogP contribution in [0.2, 0.25) is 0 Å². The predicted octanol–water partition coefficient (Wildman–Crippen LogP) is 3.00. The number of para-hydroxylation sites is 1. The summed E-state index contributed by atoms with van der Waals surface area (Å²) in [5.74, 6) is -0.830. The molecule has 6 heteroatoms. The van der Waals surface area contributed by atoms with Gasteiger partial charge in [0.2, 0.25) is 5.91 Å². The first kappa shape index (κ1) is 20.1. The van der Waals surface area contributed by atoms with E-state index in [2.05, 4.69) is 5.32 Å². The van der Waals surface area contributed by atoms with E-state index in [9.17, 15) is 14.4 Å². The Hall–Kier alpha value is -2.63. The number of hydrogen-bond acceptors (Lipinski definition) is 3. The summed E-state index contributed by atoms with van der Waals surface area (Å²) in [7, 11) is 0. The van der Waals surface area contributed by atoms with E-state index in [1.54, 1.807) is 10.8 Å². The fourth-order valence-corrected chi connectivity index (χ4v) is 3.62. The molecule has 3 rings (SSSR count). The van der Waals surface area contributed by atoms with E-state index in [-0.39, 0.29) is 18.4 Å². The number of carbonyl (C=O) groups excluding carboxylic acids is 3. The van der Waals surface area contributed by atoms with Crippen LogP contribution in [0.5, 0.6) is 0 Å². The van der Waals surface area contributed by atoms with Crippen LogP contribution < -0.4 is 5.32 Å². The molecule has 1 aliphatic rings. The number of Topliss-reactive ketones (excluding diaryl/α,β-unsaturated/α-hetero) is 1. The van der Waals surface area contributed by atoms with Gasteiger partial charge >= 0.3 is 0 Å². The predicted molar refractivity (Wildman–Crippen MR) is 109 cm³/mol. The van der Waals surface area contributed by atoms with Gasteiger partial charge in [-0.15, -0.1) is 0 Å². The number of nitrogens with one attached hydrogen (secondary N) is 1. The van der Waals surface area contributed by atoms with Crippen LogP contribution in [0.1, 0.15) is 49.9 Å². The lowest BCUT2D eigenvalue weighted by Gasteiger charge is -2.20. The van der Waals surface area contributed by atoms with Crippen LogP contribution in [-0.2, 0) is 16.1 Å². The van der Waals surface area contributed by atoms with Gasteiger partial charge in [-0.2, -0.15) is 0 Å². The minimum atomic E-state index is -0.601. The zero-order valence-electron chi connectivity index (χ0n) is 16.7. The van der Waals surface area contributed by atoms with E-state index in [1.807, 2.05) is 43.0 Å². The number of nitrogens with zero attached hydrogens (tertiary/aromatic N) is 2. The number of benzene rings is 1. The van der Waals surface area contributed by atoms with Crippen LogP contribution >= 0.6 is 0 Å². The van der Waals surface area contributed by atoms with Gasteiger partial charge in [0.15, 0.2) is 0 Å². The molecule has 6 nitrogen and oxygen atoms in total. The first-order chi connectivity index (χ1) is 13.5. The summed E-state index contributed by atoms with van der Waals surface area (Å²) >= 11 is 0. The van der Waals surface area contributed by atoms with Crippen molar-refractivity contribution in [2.45, 2.75) is 46.1 Å². The molecule has 1 aromatic heterocycles. The molecule has 1 saturated heterocycles. The van der Waals surface area contributed by atoms with Gasteiger partial charge in [0.1, 0.15) is 6.54 Å². The molecule has 0 bridgehead atoms. The molecule has 1 N–H and O–H groups in total. The standard InChI is InChI=1S/C22H29N3O3/c1-16(2)13-23-22(28)21(27)18-14-25(19-10-6-5-9-17(18)19)15-20(26)24-11-7-3-4-8-12-24/h5-6,9-10,14,16H,3-4,7-8,11-13,15H2,1-2H3,(H,23,28). The van der Waals surface area contributed by atoms with E-state index in [0.29, 0.717) is 17.5 Å². The molecule has 0 spiro atoms. The van der Waals surface area contributed by atoms with Crippen LogP contribution in [0, 0.1) is 5.92 Å². The Balaban J connectivity index is 1.83. The van der Waals surface area contributed by atoms with Gasteiger partial charge in [0.25, 0.3) is 11.7 Å². The molecule has 1 fully saturated rings. The molecular formula is C22H29N3O3. The quantitative estimate of drug-likeness (QED) is 0.616. The highest BCUT2D eigenvalue weighted by Crippen LogP contribution is 2.22. The average Bonchev–Trinajstić information content (AvgIpc) is 2.85. The normalized spacial score (nSPS) is 14.9. The number of rotatable bonds is 6. The highest BCUT2D eigenvalue weighted by molar-refractivity contribution is 6.45. The van der Waals surface area contributed by atoms with Crippen LogP contribution in [0.25, 0.3) is 10.9 Å². The van der Waals surface area contributed by atoms with Crippen molar-refractivity contribution in [3.63, 3.8) is 0 Å². The van der Waals surface area contributed by atoms with Crippen molar-refractivity contribution in [1.29, 1.82) is 0 Å². The molecule has 1 aromatic carbocycles. The van der Waals surface area contributed by atoms with Crippen molar-refractivity contribution in [3.8, 4) is 0 Å². The SMILES string of the molecule is CC(C)CNC(=O)C(=O)c1cn(CC(=O)N2CCCCCC2)c2ccccc12. The molecule has 28 heavy (non-hydrogen) atoms. The molecule has 1 aliphatic heterocycles. The number of aromatic nitrogens is 1. The second-order valence-corrected chi connectivity index (χ2v) is 7.92. The summed E-state index contributed by atoms with van der Waals surface area (Å²) in [6.07, 6.45) is 6.06. The fourth-order valence-electron chi connectivity index (χ4n) is 3.62. The highest BCUT2D eigenvalue weighted by atomic mass is 16.2. The van der Waals surface area contributed by atoms with Crippen molar-refractivity contribution >= 4 is 28.5 Å². The lowest BCUT2D eigenvalue weighted by molar-refractivity contribution is -0.131. The Morgan fingerprint density at radius 3 is 2.39 bits per heavy atom. The third-order valence-electron chi connectivity index (χ3n) is 5.17. The minimum absolute atomic E-state index is 0.0610. The molecule has 150 valence electrons. The molecule has 2 amide bonds. The maximum absolute atomic E-state index is 12.8. The lowest BCUT2D eigenvalue weighted by atomic mass is 10.1. The summed E-state index contributed by atoms with van der Waals surface area (Å²) in [4.78, 5) is 39.7. The molecule has 2 heterocycles. The maximum atomic E-state index is 12.8. The maximum Gasteiger partial charge on any atom is 0.292 e. The molecule has 0 atom stereocenters. The van der Waals surface area contributed by atoms with Crippen molar-refractivity contribution < 1.29 is 14.4 Å². The largest absolute Gasteiger partial charge is 0.349 e. The number of hydrogen-bond donors (Lipinski definition) is 1.